The number of anilines is 3. The molecule has 4 heterocycles. The lowest BCUT2D eigenvalue weighted by Gasteiger charge is -2.35. The van der Waals surface area contributed by atoms with Crippen molar-refractivity contribution >= 4 is 28.1 Å². The number of benzene rings is 1. The first kappa shape index (κ1) is 21.9. The molecule has 0 unspecified atom stereocenters. The molecule has 0 bridgehead atoms. The van der Waals surface area contributed by atoms with Gasteiger partial charge in [0.05, 0.1) is 6.04 Å². The van der Waals surface area contributed by atoms with Crippen LogP contribution in [0.25, 0.3) is 10.8 Å². The Morgan fingerprint density at radius 1 is 1.12 bits per heavy atom. The molecule has 0 aliphatic carbocycles. The predicted octanol–water partition coefficient (Wildman–Crippen LogP) is 4.32. The number of alkyl halides is 3. The van der Waals surface area contributed by atoms with Crippen molar-refractivity contribution in [3.05, 3.63) is 65.5 Å². The molecule has 0 spiro atoms. The van der Waals surface area contributed by atoms with Crippen LogP contribution in [0.3, 0.4) is 0 Å². The number of nitrogens with zero attached hydrogens (tertiary/aromatic N) is 6. The van der Waals surface area contributed by atoms with Crippen molar-refractivity contribution < 1.29 is 13.2 Å². The van der Waals surface area contributed by atoms with E-state index in [1.807, 2.05) is 49.1 Å². The van der Waals surface area contributed by atoms with Crippen LogP contribution in [0.2, 0.25) is 0 Å². The van der Waals surface area contributed by atoms with Gasteiger partial charge in [-0.1, -0.05) is 12.1 Å². The molecular formula is C23H23F3N8. The summed E-state index contributed by atoms with van der Waals surface area (Å²) in [4.78, 5) is 10.7. The van der Waals surface area contributed by atoms with E-state index in [2.05, 4.69) is 25.5 Å². The highest BCUT2D eigenvalue weighted by atomic mass is 19.4. The Morgan fingerprint density at radius 2 is 1.94 bits per heavy atom. The van der Waals surface area contributed by atoms with Crippen molar-refractivity contribution in [3.63, 3.8) is 0 Å². The Kier molecular flexibility index (Phi) is 5.26. The normalized spacial score (nSPS) is 16.0. The summed E-state index contributed by atoms with van der Waals surface area (Å²) in [6.45, 7) is 4.88. The molecule has 34 heavy (non-hydrogen) atoms. The molecule has 3 aromatic heterocycles. The van der Waals surface area contributed by atoms with Crippen molar-refractivity contribution in [3.8, 4) is 0 Å². The molecule has 0 fully saturated rings. The number of hydrogen-bond donors (Lipinski definition) is 2. The van der Waals surface area contributed by atoms with Crippen LogP contribution < -0.4 is 16.0 Å². The van der Waals surface area contributed by atoms with E-state index in [1.165, 1.54) is 0 Å². The Balaban J connectivity index is 1.35. The first-order chi connectivity index (χ1) is 16.2. The van der Waals surface area contributed by atoms with Gasteiger partial charge in [0.25, 0.3) is 0 Å². The van der Waals surface area contributed by atoms with Crippen molar-refractivity contribution in [2.45, 2.75) is 39.2 Å². The number of rotatable bonds is 4. The quantitative estimate of drug-likeness (QED) is 0.460. The topological polar surface area (TPSA) is 97.8 Å². The summed E-state index contributed by atoms with van der Waals surface area (Å²) in [5.74, 6) is 0.511. The average molecular weight is 468 g/mol. The van der Waals surface area contributed by atoms with Gasteiger partial charge in [0.2, 0.25) is 5.82 Å². The van der Waals surface area contributed by atoms with E-state index in [9.17, 15) is 13.2 Å². The largest absolute Gasteiger partial charge is 0.451 e. The number of aromatic nitrogens is 5. The zero-order valence-electron chi connectivity index (χ0n) is 18.6. The van der Waals surface area contributed by atoms with Gasteiger partial charge >= 0.3 is 6.18 Å². The van der Waals surface area contributed by atoms with Gasteiger partial charge in [0, 0.05) is 48.5 Å². The molecule has 3 N–H and O–H groups in total. The summed E-state index contributed by atoms with van der Waals surface area (Å²) in [5.41, 5.74) is 8.96. The second-order valence-corrected chi connectivity index (χ2v) is 8.32. The molecular weight excluding hydrogens is 445 g/mol. The van der Waals surface area contributed by atoms with E-state index in [0.717, 1.165) is 32.2 Å². The van der Waals surface area contributed by atoms with Gasteiger partial charge < -0.3 is 20.5 Å². The van der Waals surface area contributed by atoms with E-state index in [1.54, 1.807) is 12.4 Å². The summed E-state index contributed by atoms with van der Waals surface area (Å²) >= 11 is 0. The van der Waals surface area contributed by atoms with Gasteiger partial charge in [0.1, 0.15) is 11.6 Å². The zero-order chi connectivity index (χ0) is 24.0. The maximum absolute atomic E-state index is 13.2. The highest BCUT2D eigenvalue weighted by Crippen LogP contribution is 2.34. The Bertz CT molecular complexity index is 1360. The van der Waals surface area contributed by atoms with Crippen LogP contribution in [0.15, 0.2) is 42.7 Å². The molecule has 0 amide bonds. The van der Waals surface area contributed by atoms with Crippen LogP contribution in [-0.2, 0) is 19.3 Å². The number of nitrogen functional groups attached to an aromatic ring is 1. The lowest BCUT2D eigenvalue weighted by molar-refractivity contribution is -0.147. The van der Waals surface area contributed by atoms with Crippen LogP contribution in [0, 0.1) is 6.92 Å². The fraction of sp³-hybridized carbons (Fsp3) is 0.304. The van der Waals surface area contributed by atoms with Crippen LogP contribution in [0.4, 0.5) is 30.5 Å². The van der Waals surface area contributed by atoms with Crippen LogP contribution in [-0.4, -0.2) is 31.3 Å². The number of fused-ring (bicyclic) bond motifs is 2. The van der Waals surface area contributed by atoms with Gasteiger partial charge in [-0.15, -0.1) is 10.2 Å². The summed E-state index contributed by atoms with van der Waals surface area (Å²) < 4.78 is 40.7. The standard InChI is InChI=1S/C23H23F3N8/c1-13-10-19(33-8-9-34-21(14(33)2)31-32-22(34)23(24,25)26)30-12-15(13)11-29-18-5-3-4-17-16(18)6-7-28-20(17)27/h3-7,10,12,14,29H,8-9,11H2,1-2H3,(H2,27,28)/t14-/m1/s1. The van der Waals surface area contributed by atoms with E-state index >= 15 is 0 Å². The summed E-state index contributed by atoms with van der Waals surface area (Å²) in [6.07, 6.45) is -1.04. The van der Waals surface area contributed by atoms with Gasteiger partial charge in [-0.05, 0) is 43.2 Å². The molecule has 5 rings (SSSR count). The van der Waals surface area contributed by atoms with Crippen molar-refractivity contribution in [1.29, 1.82) is 0 Å². The summed E-state index contributed by atoms with van der Waals surface area (Å²) in [5, 5.41) is 12.5. The third-order valence-electron chi connectivity index (χ3n) is 6.24. The van der Waals surface area contributed by atoms with Gasteiger partial charge in [-0.25, -0.2) is 9.97 Å². The monoisotopic (exact) mass is 468 g/mol. The Morgan fingerprint density at radius 3 is 2.71 bits per heavy atom. The van der Waals surface area contributed by atoms with E-state index in [0.29, 0.717) is 24.7 Å². The van der Waals surface area contributed by atoms with Crippen molar-refractivity contribution in [2.75, 3.05) is 22.5 Å². The molecule has 11 heteroatoms. The molecule has 1 aliphatic heterocycles. The third kappa shape index (κ3) is 3.76. The number of hydrogen-bond acceptors (Lipinski definition) is 7. The number of aryl methyl sites for hydroxylation is 1. The molecule has 1 aliphatic rings. The number of nitrogens with two attached hydrogens (primary N) is 1. The first-order valence-corrected chi connectivity index (χ1v) is 10.8. The molecule has 0 saturated carbocycles. The lowest BCUT2D eigenvalue weighted by atomic mass is 10.1. The molecule has 1 aromatic carbocycles. The van der Waals surface area contributed by atoms with Gasteiger partial charge in [-0.2, -0.15) is 13.2 Å². The first-order valence-electron chi connectivity index (χ1n) is 10.8. The van der Waals surface area contributed by atoms with Crippen LogP contribution >= 0.6 is 0 Å². The molecule has 4 aromatic rings. The fourth-order valence-corrected chi connectivity index (χ4v) is 4.39. The smallest absolute Gasteiger partial charge is 0.383 e. The molecule has 8 nitrogen and oxygen atoms in total. The Labute approximate surface area is 193 Å². The van der Waals surface area contributed by atoms with E-state index in [-0.39, 0.29) is 18.4 Å². The van der Waals surface area contributed by atoms with E-state index < -0.39 is 12.0 Å². The Hall–Kier alpha value is -3.89. The van der Waals surface area contributed by atoms with Crippen molar-refractivity contribution in [2.24, 2.45) is 0 Å². The maximum atomic E-state index is 13.2. The fourth-order valence-electron chi connectivity index (χ4n) is 4.39. The van der Waals surface area contributed by atoms with Crippen LogP contribution in [0.1, 0.15) is 35.7 Å². The summed E-state index contributed by atoms with van der Waals surface area (Å²) in [7, 11) is 0. The maximum Gasteiger partial charge on any atom is 0.451 e. The SMILES string of the molecule is Cc1cc(N2CCn3c(nnc3C(F)(F)F)[C@H]2C)ncc1CNc1cccc2c(N)nccc12. The second-order valence-electron chi connectivity index (χ2n) is 8.32. The molecule has 1 atom stereocenters. The molecule has 0 saturated heterocycles. The number of nitrogens with one attached hydrogen (secondary N) is 1. The third-order valence-corrected chi connectivity index (χ3v) is 6.24. The average Bonchev–Trinajstić information content (AvgIpc) is 3.25. The van der Waals surface area contributed by atoms with Gasteiger partial charge in [0.15, 0.2) is 5.82 Å². The van der Waals surface area contributed by atoms with Gasteiger partial charge in [-0.3, -0.25) is 0 Å². The minimum Gasteiger partial charge on any atom is -0.383 e. The lowest BCUT2D eigenvalue weighted by Crippen LogP contribution is -2.38. The molecule has 176 valence electrons. The molecule has 0 radical (unpaired) electrons. The minimum absolute atomic E-state index is 0.143. The number of pyridine rings is 2. The number of halogens is 3. The van der Waals surface area contributed by atoms with Crippen molar-refractivity contribution in [1.82, 2.24) is 24.7 Å². The zero-order valence-corrected chi connectivity index (χ0v) is 18.6. The highest BCUT2D eigenvalue weighted by molar-refractivity contribution is 5.99. The van der Waals surface area contributed by atoms with E-state index in [4.69, 9.17) is 5.73 Å². The predicted molar refractivity (Wildman–Crippen MR) is 123 cm³/mol. The second kappa shape index (κ2) is 8.15. The highest BCUT2D eigenvalue weighted by Gasteiger charge is 2.41. The van der Waals surface area contributed by atoms with Crippen LogP contribution in [0.5, 0.6) is 0 Å². The summed E-state index contributed by atoms with van der Waals surface area (Å²) in [6, 6.07) is 9.33. The minimum atomic E-state index is -4.52.